The molecule has 2 aromatic rings. The van der Waals surface area contributed by atoms with Crippen LogP contribution in [0.25, 0.3) is 11.5 Å². The Hall–Kier alpha value is -1.63. The van der Waals surface area contributed by atoms with E-state index in [1.807, 2.05) is 0 Å². The summed E-state index contributed by atoms with van der Waals surface area (Å²) in [5.74, 6) is -1.67. The highest BCUT2D eigenvalue weighted by molar-refractivity contribution is 6.20. The fourth-order valence-electron chi connectivity index (χ4n) is 1.57. The largest absolute Gasteiger partial charge is 0.419 e. The van der Waals surface area contributed by atoms with Gasteiger partial charge in [0.05, 0.1) is 16.5 Å². The van der Waals surface area contributed by atoms with Crippen molar-refractivity contribution in [2.24, 2.45) is 0 Å². The van der Waals surface area contributed by atoms with Crippen LogP contribution in [0.15, 0.2) is 22.7 Å². The van der Waals surface area contributed by atoms with Gasteiger partial charge in [0.15, 0.2) is 5.82 Å². The van der Waals surface area contributed by atoms with E-state index in [9.17, 15) is 17.6 Å². The lowest BCUT2D eigenvalue weighted by Crippen LogP contribution is -2.08. The zero-order valence-corrected chi connectivity index (χ0v) is 11.0. The molecule has 1 atom stereocenters. The van der Waals surface area contributed by atoms with Crippen LogP contribution in [0, 0.1) is 5.82 Å². The third-order valence-corrected chi connectivity index (χ3v) is 3.12. The standard InChI is InChI=1S/C12H9ClF4N2O/c1-2-8(13)10-18-11(20-19-10)6-4-3-5-7(9(6)14)12(15,16)17/h3-5,8H,2H2,1H3. The van der Waals surface area contributed by atoms with E-state index in [2.05, 4.69) is 10.1 Å². The second kappa shape index (κ2) is 5.40. The number of aromatic nitrogens is 2. The van der Waals surface area contributed by atoms with Crippen molar-refractivity contribution in [2.75, 3.05) is 0 Å². The van der Waals surface area contributed by atoms with Gasteiger partial charge >= 0.3 is 6.18 Å². The van der Waals surface area contributed by atoms with Gasteiger partial charge in [0.2, 0.25) is 0 Å². The zero-order valence-electron chi connectivity index (χ0n) is 10.2. The molecule has 0 radical (unpaired) electrons. The highest BCUT2D eigenvalue weighted by atomic mass is 35.5. The van der Waals surface area contributed by atoms with Crippen LogP contribution in [0.4, 0.5) is 17.6 Å². The average Bonchev–Trinajstić information content (AvgIpc) is 2.86. The topological polar surface area (TPSA) is 38.9 Å². The molecule has 0 N–H and O–H groups in total. The fourth-order valence-corrected chi connectivity index (χ4v) is 1.66. The summed E-state index contributed by atoms with van der Waals surface area (Å²) in [7, 11) is 0. The van der Waals surface area contributed by atoms with E-state index in [1.165, 1.54) is 0 Å². The van der Waals surface area contributed by atoms with Crippen LogP contribution in [-0.4, -0.2) is 10.1 Å². The summed E-state index contributed by atoms with van der Waals surface area (Å²) in [6, 6.07) is 2.85. The Labute approximate surface area is 116 Å². The third kappa shape index (κ3) is 2.77. The number of alkyl halides is 4. The summed E-state index contributed by atoms with van der Waals surface area (Å²) in [4.78, 5) is 3.82. The van der Waals surface area contributed by atoms with Crippen LogP contribution in [0.3, 0.4) is 0 Å². The predicted octanol–water partition coefficient (Wildman–Crippen LogP) is 4.58. The van der Waals surface area contributed by atoms with Gasteiger partial charge in [0.25, 0.3) is 5.89 Å². The molecule has 0 aliphatic heterocycles. The SMILES string of the molecule is CCC(Cl)c1noc(-c2cccc(C(F)(F)F)c2F)n1. The van der Waals surface area contributed by atoms with E-state index < -0.39 is 28.5 Å². The highest BCUT2D eigenvalue weighted by Gasteiger charge is 2.35. The molecule has 0 bridgehead atoms. The normalized spacial score (nSPS) is 13.5. The first kappa shape index (κ1) is 14.8. The van der Waals surface area contributed by atoms with E-state index in [0.29, 0.717) is 12.5 Å². The molecule has 0 aliphatic rings. The van der Waals surface area contributed by atoms with Gasteiger partial charge in [-0.2, -0.15) is 18.2 Å². The van der Waals surface area contributed by atoms with Crippen LogP contribution in [0.5, 0.6) is 0 Å². The van der Waals surface area contributed by atoms with Crippen molar-refractivity contribution in [3.8, 4) is 11.5 Å². The van der Waals surface area contributed by atoms with Crippen LogP contribution in [0.2, 0.25) is 0 Å². The molecule has 2 rings (SSSR count). The van der Waals surface area contributed by atoms with Crippen LogP contribution in [0.1, 0.15) is 30.1 Å². The third-order valence-electron chi connectivity index (χ3n) is 2.61. The Balaban J connectivity index is 2.46. The van der Waals surface area contributed by atoms with Gasteiger partial charge in [-0.05, 0) is 18.6 Å². The van der Waals surface area contributed by atoms with Crippen molar-refractivity contribution in [3.05, 3.63) is 35.4 Å². The zero-order chi connectivity index (χ0) is 14.9. The molecule has 1 heterocycles. The molecular formula is C12H9ClF4N2O. The molecular weight excluding hydrogens is 300 g/mol. The van der Waals surface area contributed by atoms with Gasteiger partial charge in [0, 0.05) is 0 Å². The maximum Gasteiger partial charge on any atom is 0.419 e. The minimum atomic E-state index is -4.79. The Bertz CT molecular complexity index is 612. The van der Waals surface area contributed by atoms with Gasteiger partial charge in [-0.15, -0.1) is 11.6 Å². The Morgan fingerprint density at radius 1 is 1.35 bits per heavy atom. The average molecular weight is 309 g/mol. The number of hydrogen-bond donors (Lipinski definition) is 0. The van der Waals surface area contributed by atoms with Gasteiger partial charge in [-0.1, -0.05) is 18.1 Å². The van der Waals surface area contributed by atoms with Crippen LogP contribution < -0.4 is 0 Å². The van der Waals surface area contributed by atoms with Crippen molar-refractivity contribution >= 4 is 11.6 Å². The van der Waals surface area contributed by atoms with E-state index in [4.69, 9.17) is 16.1 Å². The molecule has 0 aliphatic carbocycles. The van der Waals surface area contributed by atoms with E-state index >= 15 is 0 Å². The lowest BCUT2D eigenvalue weighted by molar-refractivity contribution is -0.139. The van der Waals surface area contributed by atoms with Crippen LogP contribution in [-0.2, 0) is 6.18 Å². The fraction of sp³-hybridized carbons (Fsp3) is 0.333. The van der Waals surface area contributed by atoms with Crippen molar-refractivity contribution in [3.63, 3.8) is 0 Å². The lowest BCUT2D eigenvalue weighted by atomic mass is 10.1. The Kier molecular flexibility index (Phi) is 3.99. The molecule has 20 heavy (non-hydrogen) atoms. The molecule has 3 nitrogen and oxygen atoms in total. The number of nitrogens with zero attached hydrogens (tertiary/aromatic N) is 2. The second-order valence-electron chi connectivity index (χ2n) is 4.00. The minimum absolute atomic E-state index is 0.112. The Morgan fingerprint density at radius 2 is 2.05 bits per heavy atom. The first-order valence-corrected chi connectivity index (χ1v) is 6.12. The molecule has 8 heteroatoms. The number of halogens is 5. The van der Waals surface area contributed by atoms with Gasteiger partial charge in [-0.25, -0.2) is 4.39 Å². The first-order valence-electron chi connectivity index (χ1n) is 5.68. The Morgan fingerprint density at radius 3 is 2.65 bits per heavy atom. The smallest absolute Gasteiger partial charge is 0.334 e. The number of hydrogen-bond acceptors (Lipinski definition) is 3. The highest BCUT2D eigenvalue weighted by Crippen LogP contribution is 2.35. The van der Waals surface area contributed by atoms with Gasteiger partial charge < -0.3 is 4.52 Å². The minimum Gasteiger partial charge on any atom is -0.334 e. The van der Waals surface area contributed by atoms with Crippen LogP contribution >= 0.6 is 11.6 Å². The second-order valence-corrected chi connectivity index (χ2v) is 4.53. The molecule has 0 fully saturated rings. The summed E-state index contributed by atoms with van der Waals surface area (Å²) in [6.45, 7) is 1.78. The summed E-state index contributed by atoms with van der Waals surface area (Å²) >= 11 is 5.88. The van der Waals surface area contributed by atoms with Crippen molar-refractivity contribution < 1.29 is 22.1 Å². The molecule has 1 aromatic heterocycles. The summed E-state index contributed by atoms with van der Waals surface area (Å²) in [5, 5.41) is 2.99. The molecule has 1 aromatic carbocycles. The monoisotopic (exact) mass is 308 g/mol. The molecule has 0 saturated heterocycles. The maximum absolute atomic E-state index is 13.9. The van der Waals surface area contributed by atoms with Crippen molar-refractivity contribution in [2.45, 2.75) is 24.9 Å². The van der Waals surface area contributed by atoms with E-state index in [1.54, 1.807) is 6.92 Å². The summed E-state index contributed by atoms with van der Waals surface area (Å²) in [6.07, 6.45) is -4.28. The predicted molar refractivity (Wildman–Crippen MR) is 63.6 cm³/mol. The molecule has 0 spiro atoms. The maximum atomic E-state index is 13.9. The number of benzene rings is 1. The molecule has 1 unspecified atom stereocenters. The first-order chi connectivity index (χ1) is 9.34. The van der Waals surface area contributed by atoms with E-state index in [-0.39, 0.29) is 11.7 Å². The lowest BCUT2D eigenvalue weighted by Gasteiger charge is -2.08. The van der Waals surface area contributed by atoms with Crippen molar-refractivity contribution in [1.82, 2.24) is 10.1 Å². The molecule has 108 valence electrons. The van der Waals surface area contributed by atoms with Gasteiger partial charge in [-0.3, -0.25) is 0 Å². The van der Waals surface area contributed by atoms with Gasteiger partial charge in [0.1, 0.15) is 5.82 Å². The summed E-state index contributed by atoms with van der Waals surface area (Å²) in [5.41, 5.74) is -1.79. The number of rotatable bonds is 3. The van der Waals surface area contributed by atoms with Crippen molar-refractivity contribution in [1.29, 1.82) is 0 Å². The van der Waals surface area contributed by atoms with E-state index in [0.717, 1.165) is 12.1 Å². The quantitative estimate of drug-likeness (QED) is 0.615. The molecule has 0 saturated carbocycles. The molecule has 0 amide bonds. The summed E-state index contributed by atoms with van der Waals surface area (Å²) < 4.78 is 56.4.